The van der Waals surface area contributed by atoms with Crippen molar-refractivity contribution in [2.45, 2.75) is 51.3 Å². The Bertz CT molecular complexity index is 436. The highest BCUT2D eigenvalue weighted by Crippen LogP contribution is 2.21. The Hall–Kier alpha value is -1.46. The quantitative estimate of drug-likeness (QED) is 0.724. The molecule has 0 saturated heterocycles. The van der Waals surface area contributed by atoms with Gasteiger partial charge in [0.25, 0.3) is 0 Å². The summed E-state index contributed by atoms with van der Waals surface area (Å²) in [4.78, 5) is 11.3. The number of halogens is 1. The van der Waals surface area contributed by atoms with Crippen LogP contribution in [0.1, 0.15) is 44.8 Å². The Morgan fingerprint density at radius 1 is 1.38 bits per heavy atom. The third kappa shape index (κ3) is 5.81. The number of carbonyl (C=O) groups is 1. The van der Waals surface area contributed by atoms with Gasteiger partial charge in [-0.2, -0.15) is 0 Å². The number of hydrogen-bond acceptors (Lipinski definition) is 4. The summed E-state index contributed by atoms with van der Waals surface area (Å²) in [5, 5.41) is 13.8. The number of rotatable bonds is 8. The number of carbonyl (C=O) groups excluding carboxylic acids is 1. The summed E-state index contributed by atoms with van der Waals surface area (Å²) in [5.74, 6) is -0.649. The second-order valence-corrected chi connectivity index (χ2v) is 5.19. The van der Waals surface area contributed by atoms with E-state index in [1.54, 1.807) is 12.1 Å². The Morgan fingerprint density at radius 2 is 2.00 bits per heavy atom. The summed E-state index contributed by atoms with van der Waals surface area (Å²) in [5.41, 5.74) is 0.627. The fraction of sp³-hybridized carbons (Fsp3) is 0.562. The largest absolute Gasteiger partial charge is 0.469 e. The van der Waals surface area contributed by atoms with Crippen molar-refractivity contribution < 1.29 is 19.0 Å². The van der Waals surface area contributed by atoms with Crippen LogP contribution in [0.3, 0.4) is 0 Å². The van der Waals surface area contributed by atoms with Gasteiger partial charge < -0.3 is 15.2 Å². The fourth-order valence-corrected chi connectivity index (χ4v) is 2.08. The van der Waals surface area contributed by atoms with E-state index < -0.39 is 6.10 Å². The van der Waals surface area contributed by atoms with E-state index in [-0.39, 0.29) is 30.3 Å². The second-order valence-electron chi connectivity index (χ2n) is 5.19. The smallest absolute Gasteiger partial charge is 0.305 e. The first-order valence-corrected chi connectivity index (χ1v) is 7.24. The van der Waals surface area contributed by atoms with E-state index in [1.165, 1.54) is 19.2 Å². The van der Waals surface area contributed by atoms with Crippen LogP contribution >= 0.6 is 0 Å². The Kier molecular flexibility index (Phi) is 7.32. The van der Waals surface area contributed by atoms with Crippen molar-refractivity contribution in [3.05, 3.63) is 35.6 Å². The molecular weight excluding hydrogens is 273 g/mol. The number of hydrogen-bond donors (Lipinski definition) is 2. The number of ether oxygens (including phenoxy) is 1. The van der Waals surface area contributed by atoms with Crippen LogP contribution in [0.25, 0.3) is 0 Å². The lowest BCUT2D eigenvalue weighted by molar-refractivity contribution is -0.141. The van der Waals surface area contributed by atoms with Crippen LogP contribution in [0.5, 0.6) is 0 Å². The standard InChI is InChI=1S/C16H24FNO3/c1-4-11(2)18-14(9-10-15(19)21-3)16(20)12-5-7-13(17)8-6-12/h5-8,11,14,16,18,20H,4,9-10H2,1-3H3. The lowest BCUT2D eigenvalue weighted by Gasteiger charge is -2.27. The van der Waals surface area contributed by atoms with Crippen molar-refractivity contribution in [1.29, 1.82) is 0 Å². The average molecular weight is 297 g/mol. The molecule has 1 aromatic rings. The predicted octanol–water partition coefficient (Wildman–Crippen LogP) is 2.57. The van der Waals surface area contributed by atoms with Gasteiger partial charge in [-0.15, -0.1) is 0 Å². The van der Waals surface area contributed by atoms with Gasteiger partial charge in [0.2, 0.25) is 0 Å². The van der Waals surface area contributed by atoms with Crippen molar-refractivity contribution in [1.82, 2.24) is 5.32 Å². The number of benzene rings is 1. The molecule has 118 valence electrons. The van der Waals surface area contributed by atoms with Crippen molar-refractivity contribution in [2.24, 2.45) is 0 Å². The first-order valence-electron chi connectivity index (χ1n) is 7.24. The van der Waals surface area contributed by atoms with Gasteiger partial charge in [0.15, 0.2) is 0 Å². The molecule has 3 unspecified atom stereocenters. The van der Waals surface area contributed by atoms with E-state index in [0.717, 1.165) is 6.42 Å². The van der Waals surface area contributed by atoms with E-state index in [2.05, 4.69) is 10.1 Å². The minimum atomic E-state index is -0.802. The number of nitrogens with one attached hydrogen (secondary N) is 1. The summed E-state index contributed by atoms with van der Waals surface area (Å²) < 4.78 is 17.6. The molecule has 5 heteroatoms. The lowest BCUT2D eigenvalue weighted by Crippen LogP contribution is -2.40. The Labute approximate surface area is 125 Å². The summed E-state index contributed by atoms with van der Waals surface area (Å²) in [6.07, 6.45) is 0.785. The zero-order chi connectivity index (χ0) is 15.8. The number of methoxy groups -OCH3 is 1. The maximum atomic E-state index is 13.0. The molecule has 0 aromatic heterocycles. The van der Waals surface area contributed by atoms with Crippen LogP contribution in [-0.4, -0.2) is 30.3 Å². The van der Waals surface area contributed by atoms with Crippen LogP contribution < -0.4 is 5.32 Å². The van der Waals surface area contributed by atoms with E-state index in [4.69, 9.17) is 0 Å². The normalized spacial score (nSPS) is 15.3. The molecule has 0 saturated carbocycles. The maximum Gasteiger partial charge on any atom is 0.305 e. The molecule has 21 heavy (non-hydrogen) atoms. The molecule has 0 bridgehead atoms. The fourth-order valence-electron chi connectivity index (χ4n) is 2.08. The van der Waals surface area contributed by atoms with Gasteiger partial charge in [-0.1, -0.05) is 19.1 Å². The van der Waals surface area contributed by atoms with E-state index in [0.29, 0.717) is 12.0 Å². The predicted molar refractivity (Wildman–Crippen MR) is 79.3 cm³/mol. The molecule has 0 aliphatic heterocycles. The molecule has 0 amide bonds. The first-order chi connectivity index (χ1) is 9.97. The minimum absolute atomic E-state index is 0.211. The topological polar surface area (TPSA) is 58.6 Å². The summed E-state index contributed by atoms with van der Waals surface area (Å²) in [6, 6.07) is 5.68. The van der Waals surface area contributed by atoms with Crippen molar-refractivity contribution in [2.75, 3.05) is 7.11 Å². The van der Waals surface area contributed by atoms with Gasteiger partial charge >= 0.3 is 5.97 Å². The highest BCUT2D eigenvalue weighted by atomic mass is 19.1. The maximum absolute atomic E-state index is 13.0. The third-order valence-electron chi connectivity index (χ3n) is 3.59. The summed E-state index contributed by atoms with van der Waals surface area (Å²) in [7, 11) is 1.34. The first kappa shape index (κ1) is 17.6. The average Bonchev–Trinajstić information content (AvgIpc) is 2.50. The molecule has 0 radical (unpaired) electrons. The molecule has 0 heterocycles. The molecule has 2 N–H and O–H groups in total. The molecule has 1 aromatic carbocycles. The molecule has 1 rings (SSSR count). The van der Waals surface area contributed by atoms with Gasteiger partial charge in [0.05, 0.1) is 13.2 Å². The number of aliphatic hydroxyl groups excluding tert-OH is 1. The van der Waals surface area contributed by atoms with E-state index in [1.807, 2.05) is 13.8 Å². The zero-order valence-electron chi connectivity index (χ0n) is 12.8. The van der Waals surface area contributed by atoms with Crippen LogP contribution in [0.4, 0.5) is 4.39 Å². The second kappa shape index (κ2) is 8.74. The zero-order valence-corrected chi connectivity index (χ0v) is 12.8. The molecule has 0 aliphatic carbocycles. The van der Waals surface area contributed by atoms with Gasteiger partial charge in [0, 0.05) is 18.5 Å². The van der Waals surface area contributed by atoms with Crippen molar-refractivity contribution >= 4 is 5.97 Å². The Morgan fingerprint density at radius 3 is 2.52 bits per heavy atom. The van der Waals surface area contributed by atoms with E-state index >= 15 is 0 Å². The highest BCUT2D eigenvalue weighted by molar-refractivity contribution is 5.69. The van der Waals surface area contributed by atoms with Gasteiger partial charge in [-0.25, -0.2) is 4.39 Å². The molecule has 0 spiro atoms. The van der Waals surface area contributed by atoms with Gasteiger partial charge in [-0.05, 0) is 37.5 Å². The number of esters is 1. The third-order valence-corrected chi connectivity index (χ3v) is 3.59. The van der Waals surface area contributed by atoms with Crippen LogP contribution in [-0.2, 0) is 9.53 Å². The monoisotopic (exact) mass is 297 g/mol. The SMILES string of the molecule is CCC(C)NC(CCC(=O)OC)C(O)c1ccc(F)cc1. The van der Waals surface area contributed by atoms with Crippen LogP contribution in [0.2, 0.25) is 0 Å². The lowest BCUT2D eigenvalue weighted by atomic mass is 9.97. The number of aliphatic hydroxyl groups is 1. The van der Waals surface area contributed by atoms with Crippen LogP contribution in [0.15, 0.2) is 24.3 Å². The van der Waals surface area contributed by atoms with Gasteiger partial charge in [-0.3, -0.25) is 4.79 Å². The summed E-state index contributed by atoms with van der Waals surface area (Å²) >= 11 is 0. The molecular formula is C16H24FNO3. The molecule has 4 nitrogen and oxygen atoms in total. The summed E-state index contributed by atoms with van der Waals surface area (Å²) in [6.45, 7) is 4.06. The van der Waals surface area contributed by atoms with E-state index in [9.17, 15) is 14.3 Å². The molecule has 0 aliphatic rings. The molecule has 0 fully saturated rings. The van der Waals surface area contributed by atoms with Crippen molar-refractivity contribution in [3.8, 4) is 0 Å². The highest BCUT2D eigenvalue weighted by Gasteiger charge is 2.23. The van der Waals surface area contributed by atoms with Crippen molar-refractivity contribution in [3.63, 3.8) is 0 Å². The minimum Gasteiger partial charge on any atom is -0.469 e. The Balaban J connectivity index is 2.77. The van der Waals surface area contributed by atoms with Crippen LogP contribution in [0, 0.1) is 5.82 Å². The van der Waals surface area contributed by atoms with Gasteiger partial charge in [0.1, 0.15) is 5.82 Å². The molecule has 3 atom stereocenters.